The summed E-state index contributed by atoms with van der Waals surface area (Å²) in [7, 11) is 0. The van der Waals surface area contributed by atoms with E-state index >= 15 is 0 Å². The van der Waals surface area contributed by atoms with E-state index in [0.717, 1.165) is 23.2 Å². The molecule has 1 aliphatic heterocycles. The van der Waals surface area contributed by atoms with E-state index in [4.69, 9.17) is 16.3 Å². The highest BCUT2D eigenvalue weighted by molar-refractivity contribution is 6.28. The van der Waals surface area contributed by atoms with Crippen LogP contribution < -0.4 is 5.32 Å². The smallest absolute Gasteiger partial charge is 0.331 e. The van der Waals surface area contributed by atoms with Gasteiger partial charge in [0.2, 0.25) is 5.28 Å². The lowest BCUT2D eigenvalue weighted by atomic mass is 10.0. The predicted octanol–water partition coefficient (Wildman–Crippen LogP) is 3.95. The minimum Gasteiger partial charge on any atom is -0.458 e. The molecule has 26 heavy (non-hydrogen) atoms. The van der Waals surface area contributed by atoms with Crippen molar-refractivity contribution in [3.63, 3.8) is 0 Å². The number of anilines is 2. The number of hydrogen-bond acceptors (Lipinski definition) is 6. The zero-order valence-corrected chi connectivity index (χ0v) is 15.7. The van der Waals surface area contributed by atoms with E-state index in [1.54, 1.807) is 18.5 Å². The third-order valence-corrected chi connectivity index (χ3v) is 3.99. The van der Waals surface area contributed by atoms with E-state index in [1.807, 2.05) is 39.0 Å². The highest BCUT2D eigenvalue weighted by atomic mass is 35.5. The molecular weight excluding hydrogens is 352 g/mol. The summed E-state index contributed by atoms with van der Waals surface area (Å²) in [6, 6.07) is 7.25. The molecule has 0 saturated carbocycles. The Morgan fingerprint density at radius 3 is 2.85 bits per heavy atom. The fraction of sp³-hybridized carbons (Fsp3) is 0.368. The van der Waals surface area contributed by atoms with Crippen molar-refractivity contribution in [3.8, 4) is 0 Å². The molecule has 0 fully saturated rings. The molecule has 1 unspecified atom stereocenters. The van der Waals surface area contributed by atoms with Gasteiger partial charge in [-0.05, 0) is 74.5 Å². The van der Waals surface area contributed by atoms with Crippen molar-refractivity contribution in [1.29, 1.82) is 0 Å². The van der Waals surface area contributed by atoms with Gasteiger partial charge in [-0.15, -0.1) is 0 Å². The lowest BCUT2D eigenvalue weighted by Crippen LogP contribution is -2.31. The zero-order valence-electron chi connectivity index (χ0n) is 15.0. The second-order valence-corrected chi connectivity index (χ2v) is 7.45. The third kappa shape index (κ3) is 4.79. The van der Waals surface area contributed by atoms with Gasteiger partial charge < -0.3 is 10.1 Å². The monoisotopic (exact) mass is 372 g/mol. The quantitative estimate of drug-likeness (QED) is 0.652. The molecule has 2 aromatic rings. The number of aromatic nitrogens is 2. The topological polar surface area (TPSA) is 76.5 Å². The summed E-state index contributed by atoms with van der Waals surface area (Å²) in [6.07, 6.45) is 4.73. The Bertz CT molecular complexity index is 846. The molecule has 2 heterocycles. The van der Waals surface area contributed by atoms with Gasteiger partial charge in [-0.2, -0.15) is 0 Å². The van der Waals surface area contributed by atoms with Crippen molar-refractivity contribution in [1.82, 2.24) is 9.97 Å². The molecule has 0 aliphatic carbocycles. The number of esters is 1. The highest BCUT2D eigenvalue weighted by Crippen LogP contribution is 2.23. The van der Waals surface area contributed by atoms with Crippen LogP contribution in [0.3, 0.4) is 0 Å². The number of aryl methyl sites for hydroxylation is 1. The van der Waals surface area contributed by atoms with Crippen LogP contribution in [0.2, 0.25) is 5.28 Å². The van der Waals surface area contributed by atoms with Gasteiger partial charge in [0.05, 0.1) is 0 Å². The maximum absolute atomic E-state index is 12.3. The third-order valence-electron chi connectivity index (χ3n) is 3.80. The number of ether oxygens (including phenoxy) is 1. The second-order valence-electron chi connectivity index (χ2n) is 7.12. The molecule has 0 saturated heterocycles. The van der Waals surface area contributed by atoms with Crippen LogP contribution in [-0.2, 0) is 16.0 Å². The largest absolute Gasteiger partial charge is 0.458 e. The molecule has 0 amide bonds. The lowest BCUT2D eigenvalue weighted by Gasteiger charge is -2.21. The Morgan fingerprint density at radius 1 is 1.31 bits per heavy atom. The van der Waals surface area contributed by atoms with Crippen molar-refractivity contribution < 1.29 is 9.53 Å². The summed E-state index contributed by atoms with van der Waals surface area (Å²) >= 11 is 5.81. The van der Waals surface area contributed by atoms with Crippen molar-refractivity contribution in [2.75, 3.05) is 5.32 Å². The van der Waals surface area contributed by atoms with Crippen LogP contribution in [0.15, 0.2) is 35.5 Å². The number of hydrogen-bond donors (Lipinski definition) is 1. The Kier molecular flexibility index (Phi) is 5.23. The first-order valence-electron chi connectivity index (χ1n) is 8.45. The average molecular weight is 373 g/mol. The number of fused-ring (bicyclic) bond motifs is 1. The van der Waals surface area contributed by atoms with E-state index in [0.29, 0.717) is 12.2 Å². The number of halogens is 1. The van der Waals surface area contributed by atoms with Crippen LogP contribution in [0.4, 0.5) is 11.5 Å². The van der Waals surface area contributed by atoms with E-state index in [1.165, 1.54) is 0 Å². The van der Waals surface area contributed by atoms with Crippen LogP contribution in [0.5, 0.6) is 0 Å². The SMILES string of the molecule is CC(C)(C)OC(=O)C1CCc2ccc(Nc3ccnc(Cl)n3)cc2C=N1. The van der Waals surface area contributed by atoms with Gasteiger partial charge in [-0.25, -0.2) is 14.8 Å². The first kappa shape index (κ1) is 18.3. The van der Waals surface area contributed by atoms with Gasteiger partial charge >= 0.3 is 5.97 Å². The molecule has 6 nitrogen and oxygen atoms in total. The lowest BCUT2D eigenvalue weighted by molar-refractivity contribution is -0.156. The Balaban J connectivity index is 1.76. The maximum Gasteiger partial charge on any atom is 0.331 e. The molecule has 0 radical (unpaired) electrons. The van der Waals surface area contributed by atoms with Crippen LogP contribution in [-0.4, -0.2) is 33.8 Å². The number of aliphatic imine (C=N–C) groups is 1. The van der Waals surface area contributed by atoms with E-state index in [2.05, 4.69) is 20.3 Å². The number of carbonyl (C=O) groups is 1. The number of rotatable bonds is 3. The van der Waals surface area contributed by atoms with E-state index in [9.17, 15) is 4.79 Å². The number of carbonyl (C=O) groups excluding carboxylic acids is 1. The standard InChI is InChI=1S/C19H21ClN4O2/c1-19(2,3)26-17(25)15-7-5-12-4-6-14(10-13(12)11-22-15)23-16-8-9-21-18(20)24-16/h4,6,8-11,15H,5,7H2,1-3H3,(H,21,23,24). The van der Waals surface area contributed by atoms with Crippen LogP contribution in [0, 0.1) is 0 Å². The minimum absolute atomic E-state index is 0.187. The molecule has 0 bridgehead atoms. The number of nitrogens with one attached hydrogen (secondary N) is 1. The van der Waals surface area contributed by atoms with Crippen LogP contribution in [0.25, 0.3) is 0 Å². The predicted molar refractivity (Wildman–Crippen MR) is 102 cm³/mol. The van der Waals surface area contributed by atoms with Gasteiger partial charge in [0.1, 0.15) is 17.5 Å². The summed E-state index contributed by atoms with van der Waals surface area (Å²) in [6.45, 7) is 5.58. The Labute approximate surface area is 157 Å². The molecule has 7 heteroatoms. The van der Waals surface area contributed by atoms with Crippen LogP contribution in [0.1, 0.15) is 38.3 Å². The number of nitrogens with zero attached hydrogens (tertiary/aromatic N) is 3. The normalized spacial score (nSPS) is 16.5. The molecule has 0 spiro atoms. The average Bonchev–Trinajstić information content (AvgIpc) is 2.75. The van der Waals surface area contributed by atoms with Gasteiger partial charge in [-0.1, -0.05) is 6.07 Å². The summed E-state index contributed by atoms with van der Waals surface area (Å²) < 4.78 is 5.45. The molecule has 136 valence electrons. The van der Waals surface area contributed by atoms with Gasteiger partial charge in [0.15, 0.2) is 0 Å². The molecule has 1 atom stereocenters. The Morgan fingerprint density at radius 2 is 2.12 bits per heavy atom. The molecular formula is C19H21ClN4O2. The highest BCUT2D eigenvalue weighted by Gasteiger charge is 2.25. The first-order chi connectivity index (χ1) is 12.3. The van der Waals surface area contributed by atoms with E-state index < -0.39 is 11.6 Å². The summed E-state index contributed by atoms with van der Waals surface area (Å²) in [5.41, 5.74) is 2.47. The van der Waals surface area contributed by atoms with Gasteiger partial charge in [-0.3, -0.25) is 4.99 Å². The van der Waals surface area contributed by atoms with Crippen LogP contribution >= 0.6 is 11.6 Å². The molecule has 1 N–H and O–H groups in total. The van der Waals surface area contributed by atoms with Crippen molar-refractivity contribution in [2.24, 2.45) is 4.99 Å². The Hall–Kier alpha value is -2.47. The van der Waals surface area contributed by atoms with Crippen molar-refractivity contribution in [3.05, 3.63) is 46.9 Å². The fourth-order valence-electron chi connectivity index (χ4n) is 2.66. The molecule has 1 aromatic heterocycles. The maximum atomic E-state index is 12.3. The summed E-state index contributed by atoms with van der Waals surface area (Å²) in [5, 5.41) is 3.38. The van der Waals surface area contributed by atoms with Gasteiger partial charge in [0.25, 0.3) is 0 Å². The molecule has 1 aromatic carbocycles. The molecule has 3 rings (SSSR count). The molecule has 1 aliphatic rings. The first-order valence-corrected chi connectivity index (χ1v) is 8.82. The second kappa shape index (κ2) is 7.41. The summed E-state index contributed by atoms with van der Waals surface area (Å²) in [5.74, 6) is 0.331. The van der Waals surface area contributed by atoms with Crippen molar-refractivity contribution >= 4 is 35.3 Å². The van der Waals surface area contributed by atoms with Crippen molar-refractivity contribution in [2.45, 2.75) is 45.3 Å². The number of benzene rings is 1. The fourth-order valence-corrected chi connectivity index (χ4v) is 2.81. The van der Waals surface area contributed by atoms with Gasteiger partial charge in [0, 0.05) is 18.1 Å². The summed E-state index contributed by atoms with van der Waals surface area (Å²) in [4.78, 5) is 24.7. The minimum atomic E-state index is -0.512. The zero-order chi connectivity index (χ0) is 18.7. The van der Waals surface area contributed by atoms with E-state index in [-0.39, 0.29) is 11.3 Å².